The van der Waals surface area contributed by atoms with Gasteiger partial charge in [0.25, 0.3) is 6.43 Å². The number of pyridine rings is 1. The van der Waals surface area contributed by atoms with Crippen LogP contribution in [-0.4, -0.2) is 17.2 Å². The summed E-state index contributed by atoms with van der Waals surface area (Å²) < 4.78 is 29.9. The zero-order valence-corrected chi connectivity index (χ0v) is 9.46. The van der Waals surface area contributed by atoms with E-state index in [1.165, 1.54) is 13.2 Å². The highest BCUT2D eigenvalue weighted by atomic mass is 127. The molecule has 6 heteroatoms. The van der Waals surface area contributed by atoms with Crippen molar-refractivity contribution in [2.45, 2.75) is 13.0 Å². The lowest BCUT2D eigenvalue weighted by molar-refractivity contribution is 0.144. The lowest BCUT2D eigenvalue weighted by Crippen LogP contribution is -2.02. The largest absolute Gasteiger partial charge is 0.481 e. The summed E-state index contributed by atoms with van der Waals surface area (Å²) in [5.41, 5.74) is 0.0842. The number of aliphatic hydroxyl groups is 1. The van der Waals surface area contributed by atoms with Crippen LogP contribution in [0, 0.1) is 3.57 Å². The third kappa shape index (κ3) is 2.30. The Hall–Kier alpha value is -0.500. The topological polar surface area (TPSA) is 42.4 Å². The van der Waals surface area contributed by atoms with Gasteiger partial charge >= 0.3 is 0 Å². The number of rotatable bonds is 3. The number of hydrogen-bond donors (Lipinski definition) is 1. The molecule has 0 aromatic carbocycles. The molecule has 78 valence electrons. The van der Waals surface area contributed by atoms with Crippen molar-refractivity contribution in [3.8, 4) is 5.88 Å². The van der Waals surface area contributed by atoms with E-state index >= 15 is 0 Å². The average molecular weight is 315 g/mol. The maximum Gasteiger partial charge on any atom is 0.280 e. The SMILES string of the molecule is COc1nc(C(F)F)cc(I)c1CO. The van der Waals surface area contributed by atoms with Gasteiger partial charge in [0, 0.05) is 3.57 Å². The Labute approximate surface area is 93.2 Å². The van der Waals surface area contributed by atoms with Gasteiger partial charge in [-0.05, 0) is 28.7 Å². The van der Waals surface area contributed by atoms with Crippen molar-refractivity contribution in [3.63, 3.8) is 0 Å². The van der Waals surface area contributed by atoms with Gasteiger partial charge in [0.2, 0.25) is 5.88 Å². The second-order valence-electron chi connectivity index (χ2n) is 2.48. The first-order valence-corrected chi connectivity index (χ1v) is 4.80. The van der Waals surface area contributed by atoms with E-state index in [-0.39, 0.29) is 18.2 Å². The van der Waals surface area contributed by atoms with Crippen molar-refractivity contribution in [2.24, 2.45) is 0 Å². The summed E-state index contributed by atoms with van der Waals surface area (Å²) in [7, 11) is 1.33. The second-order valence-corrected chi connectivity index (χ2v) is 3.64. The zero-order valence-electron chi connectivity index (χ0n) is 7.30. The standard InChI is InChI=1S/C8H8F2INO2/c1-14-8-4(3-13)5(11)2-6(12-8)7(9)10/h2,7,13H,3H2,1H3. The molecule has 0 saturated carbocycles. The molecule has 3 nitrogen and oxygen atoms in total. The minimum atomic E-state index is -2.63. The number of halogens is 3. The molecule has 1 aromatic heterocycles. The van der Waals surface area contributed by atoms with Gasteiger partial charge in [-0.1, -0.05) is 0 Å². The molecule has 0 aliphatic heterocycles. The second kappa shape index (κ2) is 4.83. The first-order valence-electron chi connectivity index (χ1n) is 3.72. The molecule has 0 spiro atoms. The van der Waals surface area contributed by atoms with E-state index in [4.69, 9.17) is 9.84 Å². The number of nitrogens with zero attached hydrogens (tertiary/aromatic N) is 1. The zero-order chi connectivity index (χ0) is 10.7. The predicted molar refractivity (Wildman–Crippen MR) is 54.4 cm³/mol. The summed E-state index contributed by atoms with van der Waals surface area (Å²) >= 11 is 1.85. The molecule has 0 aliphatic carbocycles. The predicted octanol–water partition coefficient (Wildman–Crippen LogP) is 2.12. The van der Waals surface area contributed by atoms with Crippen LogP contribution in [0.3, 0.4) is 0 Å². The molecule has 0 fully saturated rings. The number of ether oxygens (including phenoxy) is 1. The van der Waals surface area contributed by atoms with E-state index in [2.05, 4.69) is 4.98 Å². The Morgan fingerprint density at radius 2 is 2.29 bits per heavy atom. The fourth-order valence-electron chi connectivity index (χ4n) is 0.960. The summed E-state index contributed by atoms with van der Waals surface area (Å²) in [4.78, 5) is 3.59. The molecule has 14 heavy (non-hydrogen) atoms. The minimum Gasteiger partial charge on any atom is -0.481 e. The molecule has 0 bridgehead atoms. The van der Waals surface area contributed by atoms with Crippen LogP contribution in [0.1, 0.15) is 17.7 Å². The van der Waals surface area contributed by atoms with Crippen LogP contribution in [-0.2, 0) is 6.61 Å². The fraction of sp³-hybridized carbons (Fsp3) is 0.375. The van der Waals surface area contributed by atoms with Crippen LogP contribution in [0.25, 0.3) is 0 Å². The Morgan fingerprint density at radius 3 is 2.71 bits per heavy atom. The summed E-state index contributed by atoms with van der Waals surface area (Å²) in [5, 5.41) is 8.95. The quantitative estimate of drug-likeness (QED) is 0.869. The number of aliphatic hydroxyl groups excluding tert-OH is 1. The van der Waals surface area contributed by atoms with Crippen LogP contribution < -0.4 is 4.74 Å². The molecule has 1 heterocycles. The van der Waals surface area contributed by atoms with Crippen molar-refractivity contribution < 1.29 is 18.6 Å². The highest BCUT2D eigenvalue weighted by molar-refractivity contribution is 14.1. The van der Waals surface area contributed by atoms with Gasteiger partial charge in [-0.2, -0.15) is 0 Å². The monoisotopic (exact) mass is 315 g/mol. The molecule has 1 rings (SSSR count). The molecule has 0 saturated heterocycles. The van der Waals surface area contributed by atoms with Crippen molar-refractivity contribution in [2.75, 3.05) is 7.11 Å². The fourth-order valence-corrected chi connectivity index (χ4v) is 1.68. The van der Waals surface area contributed by atoms with Gasteiger partial charge in [0.15, 0.2) is 0 Å². The highest BCUT2D eigenvalue weighted by Gasteiger charge is 2.16. The molecule has 0 unspecified atom stereocenters. The van der Waals surface area contributed by atoms with Crippen LogP contribution in [0.4, 0.5) is 8.78 Å². The molecule has 0 atom stereocenters. The van der Waals surface area contributed by atoms with Crippen LogP contribution in [0.15, 0.2) is 6.07 Å². The van der Waals surface area contributed by atoms with Gasteiger partial charge in [-0.15, -0.1) is 0 Å². The van der Waals surface area contributed by atoms with Gasteiger partial charge in [0.05, 0.1) is 19.3 Å². The van der Waals surface area contributed by atoms with Crippen LogP contribution in [0.5, 0.6) is 5.88 Å². The summed E-state index contributed by atoms with van der Waals surface area (Å²) in [6.45, 7) is -0.280. The Balaban J connectivity index is 3.24. The molecule has 0 radical (unpaired) electrons. The molecule has 1 N–H and O–H groups in total. The average Bonchev–Trinajstić information content (AvgIpc) is 2.16. The third-order valence-corrected chi connectivity index (χ3v) is 2.59. The van der Waals surface area contributed by atoms with E-state index in [1.807, 2.05) is 22.6 Å². The number of methoxy groups -OCH3 is 1. The van der Waals surface area contributed by atoms with Crippen LogP contribution >= 0.6 is 22.6 Å². The number of aromatic nitrogens is 1. The van der Waals surface area contributed by atoms with Gasteiger partial charge in [-0.3, -0.25) is 0 Å². The van der Waals surface area contributed by atoms with Crippen molar-refractivity contribution in [1.82, 2.24) is 4.98 Å². The van der Waals surface area contributed by atoms with Gasteiger partial charge in [0.1, 0.15) is 5.69 Å². The Kier molecular flexibility index (Phi) is 3.99. The maximum atomic E-state index is 12.3. The van der Waals surface area contributed by atoms with Crippen molar-refractivity contribution >= 4 is 22.6 Å². The summed E-state index contributed by atoms with van der Waals surface area (Å²) in [5.74, 6) is 0.0506. The molecule has 1 aromatic rings. The number of hydrogen-bond acceptors (Lipinski definition) is 3. The maximum absolute atomic E-state index is 12.3. The van der Waals surface area contributed by atoms with Crippen molar-refractivity contribution in [3.05, 3.63) is 20.9 Å². The summed E-state index contributed by atoms with van der Waals surface area (Å²) in [6, 6.07) is 1.24. The summed E-state index contributed by atoms with van der Waals surface area (Å²) in [6.07, 6.45) is -2.63. The number of alkyl halides is 2. The van der Waals surface area contributed by atoms with E-state index < -0.39 is 6.43 Å². The lowest BCUT2D eigenvalue weighted by Gasteiger charge is -2.09. The van der Waals surface area contributed by atoms with E-state index in [0.717, 1.165) is 0 Å². The first kappa shape index (κ1) is 11.6. The smallest absolute Gasteiger partial charge is 0.280 e. The Morgan fingerprint density at radius 1 is 1.64 bits per heavy atom. The first-order chi connectivity index (χ1) is 6.60. The Bertz CT molecular complexity index is 333. The molecular formula is C8H8F2INO2. The molecule has 0 amide bonds. The van der Waals surface area contributed by atoms with E-state index in [0.29, 0.717) is 9.13 Å². The highest BCUT2D eigenvalue weighted by Crippen LogP contribution is 2.27. The molecule has 0 aliphatic rings. The van der Waals surface area contributed by atoms with Gasteiger partial charge in [-0.25, -0.2) is 13.8 Å². The third-order valence-electron chi connectivity index (χ3n) is 1.63. The van der Waals surface area contributed by atoms with E-state index in [1.54, 1.807) is 0 Å². The lowest BCUT2D eigenvalue weighted by atomic mass is 10.2. The van der Waals surface area contributed by atoms with Crippen molar-refractivity contribution in [1.29, 1.82) is 0 Å². The van der Waals surface area contributed by atoms with E-state index in [9.17, 15) is 8.78 Å². The molecular weight excluding hydrogens is 307 g/mol. The minimum absolute atomic E-state index is 0.0506. The van der Waals surface area contributed by atoms with Crippen LogP contribution in [0.2, 0.25) is 0 Å². The normalized spacial score (nSPS) is 10.7. The van der Waals surface area contributed by atoms with Gasteiger partial charge < -0.3 is 9.84 Å².